The summed E-state index contributed by atoms with van der Waals surface area (Å²) in [5.41, 5.74) is -1.26. The smallest absolute Gasteiger partial charge is 0.309 e. The molecular formula is C32H33FO10S2. The number of rotatable bonds is 16. The summed E-state index contributed by atoms with van der Waals surface area (Å²) in [7, 11) is 2.87. The van der Waals surface area contributed by atoms with Gasteiger partial charge < -0.3 is 29.2 Å². The largest absolute Gasteiger partial charge is 0.493 e. The van der Waals surface area contributed by atoms with Crippen molar-refractivity contribution in [2.24, 2.45) is 11.3 Å². The van der Waals surface area contributed by atoms with Crippen molar-refractivity contribution in [3.05, 3.63) is 45.9 Å². The summed E-state index contributed by atoms with van der Waals surface area (Å²) in [5.74, 6) is -3.32. The van der Waals surface area contributed by atoms with Crippen LogP contribution in [0.15, 0.2) is 30.3 Å². The van der Waals surface area contributed by atoms with Crippen LogP contribution in [0.1, 0.15) is 59.4 Å². The van der Waals surface area contributed by atoms with Crippen molar-refractivity contribution in [1.82, 2.24) is 0 Å². The normalized spacial score (nSPS) is 12.2. The minimum Gasteiger partial charge on any atom is -0.493 e. The lowest BCUT2D eigenvalue weighted by Crippen LogP contribution is -2.26. The Hall–Kier alpha value is -4.23. The number of ketones is 2. The first kappa shape index (κ1) is 33.7. The predicted octanol–water partition coefficient (Wildman–Crippen LogP) is 7.10. The molecule has 0 saturated heterocycles. The third-order valence-electron chi connectivity index (χ3n) is 7.14. The van der Waals surface area contributed by atoms with Gasteiger partial charge in [-0.3, -0.25) is 19.2 Å². The second-order valence-electron chi connectivity index (χ2n) is 11.1. The molecule has 13 heteroatoms. The molecule has 0 amide bonds. The number of thiophene rings is 2. The highest BCUT2D eigenvalue weighted by Crippen LogP contribution is 2.41. The SMILES string of the molecule is COc1cc2sc(C(=O)C[C@H](C)C(=O)O)cc2cc1OCCCOc1c(OC)cc2sc(C(=O)CC(C)(C)C(=O)O)cc2c1F. The van der Waals surface area contributed by atoms with Crippen molar-refractivity contribution >= 4 is 66.4 Å². The number of benzene rings is 2. The summed E-state index contributed by atoms with van der Waals surface area (Å²) in [6, 6.07) is 8.18. The minimum absolute atomic E-state index is 0.0743. The van der Waals surface area contributed by atoms with Crippen molar-refractivity contribution < 1.29 is 52.7 Å². The first-order chi connectivity index (χ1) is 21.2. The Labute approximate surface area is 266 Å². The molecule has 240 valence electrons. The van der Waals surface area contributed by atoms with Crippen LogP contribution >= 0.6 is 22.7 Å². The van der Waals surface area contributed by atoms with Gasteiger partial charge in [0.05, 0.1) is 48.5 Å². The zero-order chi connectivity index (χ0) is 33.1. The van der Waals surface area contributed by atoms with Gasteiger partial charge in [0.25, 0.3) is 0 Å². The van der Waals surface area contributed by atoms with Crippen molar-refractivity contribution in [2.75, 3.05) is 27.4 Å². The van der Waals surface area contributed by atoms with Crippen LogP contribution < -0.4 is 18.9 Å². The Morgan fingerprint density at radius 3 is 2.11 bits per heavy atom. The van der Waals surface area contributed by atoms with E-state index in [0.29, 0.717) is 27.5 Å². The molecule has 0 aliphatic carbocycles. The molecule has 2 aromatic carbocycles. The highest BCUT2D eigenvalue weighted by Gasteiger charge is 2.31. The van der Waals surface area contributed by atoms with E-state index in [1.54, 1.807) is 24.3 Å². The average Bonchev–Trinajstić information content (AvgIpc) is 3.61. The fourth-order valence-corrected chi connectivity index (χ4v) is 6.47. The second-order valence-corrected chi connectivity index (χ2v) is 13.3. The van der Waals surface area contributed by atoms with E-state index >= 15 is 4.39 Å². The van der Waals surface area contributed by atoms with E-state index in [0.717, 1.165) is 21.4 Å². The van der Waals surface area contributed by atoms with Gasteiger partial charge >= 0.3 is 11.9 Å². The molecule has 0 radical (unpaired) electrons. The Morgan fingerprint density at radius 1 is 0.844 bits per heavy atom. The molecule has 2 N–H and O–H groups in total. The fraction of sp³-hybridized carbons (Fsp3) is 0.375. The molecule has 2 aromatic heterocycles. The van der Waals surface area contributed by atoms with Crippen LogP contribution in [0, 0.1) is 17.2 Å². The van der Waals surface area contributed by atoms with Crippen LogP contribution in [-0.2, 0) is 9.59 Å². The van der Waals surface area contributed by atoms with Crippen molar-refractivity contribution in [2.45, 2.75) is 40.0 Å². The molecule has 0 unspecified atom stereocenters. The maximum atomic E-state index is 15.5. The van der Waals surface area contributed by atoms with Crippen LogP contribution in [-0.4, -0.2) is 61.2 Å². The molecule has 0 aliphatic heterocycles. The van der Waals surface area contributed by atoms with Gasteiger partial charge in [-0.1, -0.05) is 6.92 Å². The standard InChI is InChI=1S/C32H33FO10S2/c1-16(30(36)37)9-19(34)26-11-17-10-22(21(40-4)13-24(17)44-26)42-7-6-8-43-29-23(41-5)14-25-18(28(29)33)12-27(45-25)20(35)15-32(2,3)31(38)39/h10-14,16H,6-9,15H2,1-5H3,(H,36,37)(H,38,39)/t16-/m0/s1. The molecule has 4 aromatic rings. The number of carbonyl (C=O) groups excluding carboxylic acids is 2. The van der Waals surface area contributed by atoms with Crippen LogP contribution in [0.5, 0.6) is 23.0 Å². The summed E-state index contributed by atoms with van der Waals surface area (Å²) >= 11 is 2.31. The average molecular weight is 661 g/mol. The first-order valence-corrected chi connectivity index (χ1v) is 15.6. The van der Waals surface area contributed by atoms with E-state index in [9.17, 15) is 24.3 Å². The number of aliphatic carboxylic acids is 2. The number of carboxylic acids is 2. The van der Waals surface area contributed by atoms with Gasteiger partial charge in [0, 0.05) is 46.2 Å². The number of hydrogen-bond acceptors (Lipinski definition) is 10. The van der Waals surface area contributed by atoms with E-state index in [1.165, 1.54) is 52.4 Å². The maximum absolute atomic E-state index is 15.5. The summed E-state index contributed by atoms with van der Waals surface area (Å²) in [5, 5.41) is 19.4. The fourth-order valence-electron chi connectivity index (χ4n) is 4.42. The quantitative estimate of drug-likeness (QED) is 0.0943. The molecule has 45 heavy (non-hydrogen) atoms. The minimum atomic E-state index is -1.26. The lowest BCUT2D eigenvalue weighted by atomic mass is 9.87. The number of carbonyl (C=O) groups is 4. The van der Waals surface area contributed by atoms with Gasteiger partial charge in [-0.2, -0.15) is 0 Å². The van der Waals surface area contributed by atoms with Gasteiger partial charge in [-0.05, 0) is 37.4 Å². The molecule has 10 nitrogen and oxygen atoms in total. The Kier molecular flexibility index (Phi) is 10.3. The molecule has 0 spiro atoms. The van der Waals surface area contributed by atoms with Gasteiger partial charge in [0.1, 0.15) is 0 Å². The lowest BCUT2D eigenvalue weighted by Gasteiger charge is -2.16. The van der Waals surface area contributed by atoms with Gasteiger partial charge in [0.15, 0.2) is 40.4 Å². The van der Waals surface area contributed by atoms with Crippen molar-refractivity contribution in [1.29, 1.82) is 0 Å². The predicted molar refractivity (Wildman–Crippen MR) is 168 cm³/mol. The summed E-state index contributed by atoms with van der Waals surface area (Å²) in [6.07, 6.45) is 0.0322. The van der Waals surface area contributed by atoms with E-state index < -0.39 is 34.9 Å². The van der Waals surface area contributed by atoms with Crippen LogP contribution in [0.25, 0.3) is 20.2 Å². The summed E-state index contributed by atoms with van der Waals surface area (Å²) in [6.45, 7) is 4.68. The van der Waals surface area contributed by atoms with Crippen molar-refractivity contribution in [3.8, 4) is 23.0 Å². The second kappa shape index (κ2) is 13.8. The highest BCUT2D eigenvalue weighted by molar-refractivity contribution is 7.21. The van der Waals surface area contributed by atoms with Crippen LogP contribution in [0.2, 0.25) is 0 Å². The number of methoxy groups -OCH3 is 2. The Balaban J connectivity index is 1.42. The number of ether oxygens (including phenoxy) is 4. The maximum Gasteiger partial charge on any atom is 0.309 e. The monoisotopic (exact) mass is 660 g/mol. The lowest BCUT2D eigenvalue weighted by molar-refractivity contribution is -0.146. The Bertz CT molecular complexity index is 1770. The summed E-state index contributed by atoms with van der Waals surface area (Å²) in [4.78, 5) is 48.6. The van der Waals surface area contributed by atoms with E-state index in [1.807, 2.05) is 0 Å². The topological polar surface area (TPSA) is 146 Å². The van der Waals surface area contributed by atoms with Crippen LogP contribution in [0.3, 0.4) is 0 Å². The third-order valence-corrected chi connectivity index (χ3v) is 9.40. The number of Topliss-reactive ketones (excluding diaryl/α,β-unsaturated/α-hetero) is 2. The van der Waals surface area contributed by atoms with E-state index in [2.05, 4.69) is 0 Å². The zero-order valence-electron chi connectivity index (χ0n) is 25.4. The van der Waals surface area contributed by atoms with Gasteiger partial charge in [-0.25, -0.2) is 4.39 Å². The molecule has 1 atom stereocenters. The molecule has 4 rings (SSSR count). The van der Waals surface area contributed by atoms with E-state index in [-0.39, 0.29) is 53.6 Å². The zero-order valence-corrected chi connectivity index (χ0v) is 27.0. The molecule has 2 heterocycles. The van der Waals surface area contributed by atoms with Gasteiger partial charge in [-0.15, -0.1) is 22.7 Å². The molecule has 0 bridgehead atoms. The first-order valence-electron chi connectivity index (χ1n) is 14.0. The van der Waals surface area contributed by atoms with Crippen LogP contribution in [0.4, 0.5) is 4.39 Å². The molecule has 0 fully saturated rings. The highest BCUT2D eigenvalue weighted by atomic mass is 32.1. The molecular weight excluding hydrogens is 627 g/mol. The van der Waals surface area contributed by atoms with E-state index in [4.69, 9.17) is 24.1 Å². The van der Waals surface area contributed by atoms with Crippen molar-refractivity contribution in [3.63, 3.8) is 0 Å². The number of hydrogen-bond donors (Lipinski definition) is 2. The third kappa shape index (κ3) is 7.54. The molecule has 0 saturated carbocycles. The van der Waals surface area contributed by atoms with Gasteiger partial charge in [0.2, 0.25) is 0 Å². The molecule has 0 aliphatic rings. The number of fused-ring (bicyclic) bond motifs is 2. The summed E-state index contributed by atoms with van der Waals surface area (Å²) < 4.78 is 39.3. The number of carboxylic acid groups (broad SMARTS) is 2. The number of halogens is 1. The Morgan fingerprint density at radius 2 is 1.47 bits per heavy atom.